The van der Waals surface area contributed by atoms with Gasteiger partial charge >= 0.3 is 0 Å². The van der Waals surface area contributed by atoms with E-state index in [1.54, 1.807) is 17.7 Å². The molecule has 5 nitrogen and oxygen atoms in total. The summed E-state index contributed by atoms with van der Waals surface area (Å²) in [5.74, 6) is -0.00171. The molecule has 0 aliphatic heterocycles. The Hall–Kier alpha value is -2.21. The topological polar surface area (TPSA) is 59.8 Å². The van der Waals surface area contributed by atoms with Gasteiger partial charge in [-0.05, 0) is 32.9 Å². The molecule has 6 heteroatoms. The Labute approximate surface area is 139 Å². The maximum absolute atomic E-state index is 12.4. The van der Waals surface area contributed by atoms with E-state index in [0.717, 1.165) is 28.2 Å². The first-order chi connectivity index (χ1) is 11.1. The molecule has 0 aliphatic carbocycles. The molecule has 0 saturated heterocycles. The van der Waals surface area contributed by atoms with Gasteiger partial charge in [0.1, 0.15) is 6.04 Å². The Morgan fingerprint density at radius 3 is 2.87 bits per heavy atom. The summed E-state index contributed by atoms with van der Waals surface area (Å²) in [6.07, 6.45) is 2.49. The van der Waals surface area contributed by atoms with Crippen molar-refractivity contribution < 1.29 is 4.79 Å². The normalized spacial score (nSPS) is 12.5. The van der Waals surface area contributed by atoms with Gasteiger partial charge in [0.2, 0.25) is 5.91 Å². The minimum atomic E-state index is -0.290. The van der Waals surface area contributed by atoms with Crippen LogP contribution in [0.5, 0.6) is 0 Å². The van der Waals surface area contributed by atoms with Crippen molar-refractivity contribution in [2.24, 2.45) is 0 Å². The molecule has 2 aromatic heterocycles. The van der Waals surface area contributed by atoms with Crippen molar-refractivity contribution in [3.8, 4) is 0 Å². The first-order valence-corrected chi connectivity index (χ1v) is 8.50. The van der Waals surface area contributed by atoms with Crippen molar-refractivity contribution in [2.45, 2.75) is 33.2 Å². The number of aryl methyl sites for hydroxylation is 2. The minimum absolute atomic E-state index is 0.00171. The number of carbonyl (C=O) groups excluding carboxylic acids is 1. The van der Waals surface area contributed by atoms with Crippen LogP contribution in [0, 0.1) is 13.8 Å². The number of carbonyl (C=O) groups is 1. The molecular formula is C17H20N4OS. The van der Waals surface area contributed by atoms with Crippen LogP contribution in [-0.4, -0.2) is 27.0 Å². The Bertz CT molecular complexity index is 817. The third-order valence-electron chi connectivity index (χ3n) is 3.99. The number of fused-ring (bicyclic) bond motifs is 1. The number of aromatic nitrogens is 3. The lowest BCUT2D eigenvalue weighted by Crippen LogP contribution is -2.32. The molecule has 1 aromatic carbocycles. The van der Waals surface area contributed by atoms with Crippen molar-refractivity contribution >= 4 is 28.3 Å². The van der Waals surface area contributed by atoms with E-state index in [2.05, 4.69) is 22.2 Å². The summed E-state index contributed by atoms with van der Waals surface area (Å²) in [6.45, 7) is 6.57. The molecule has 120 valence electrons. The standard InChI is InChI=1S/C17H20N4OS/c1-11-13(3)23-16(20-11)8-9-18-17(22)12(2)21-10-19-14-6-4-5-7-15(14)21/h4-7,10,12H,8-9H2,1-3H3,(H,18,22)/t12-/m0/s1. The van der Waals surface area contributed by atoms with E-state index in [0.29, 0.717) is 6.54 Å². The Balaban J connectivity index is 1.61. The predicted molar refractivity (Wildman–Crippen MR) is 92.7 cm³/mol. The third kappa shape index (κ3) is 3.27. The zero-order valence-electron chi connectivity index (χ0n) is 13.5. The maximum Gasteiger partial charge on any atom is 0.242 e. The molecule has 1 N–H and O–H groups in total. The molecule has 0 spiro atoms. The Kier molecular flexibility index (Phi) is 4.43. The lowest BCUT2D eigenvalue weighted by Gasteiger charge is -2.14. The van der Waals surface area contributed by atoms with Gasteiger partial charge in [0.05, 0.1) is 28.1 Å². The van der Waals surface area contributed by atoms with Gasteiger partial charge in [-0.2, -0.15) is 0 Å². The van der Waals surface area contributed by atoms with Crippen LogP contribution in [0.2, 0.25) is 0 Å². The number of hydrogen-bond donors (Lipinski definition) is 1. The number of nitrogens with zero attached hydrogens (tertiary/aromatic N) is 3. The van der Waals surface area contributed by atoms with Crippen LogP contribution in [-0.2, 0) is 11.2 Å². The minimum Gasteiger partial charge on any atom is -0.354 e. The van der Waals surface area contributed by atoms with E-state index in [9.17, 15) is 4.79 Å². The summed E-state index contributed by atoms with van der Waals surface area (Å²) in [4.78, 5) is 22.4. The van der Waals surface area contributed by atoms with E-state index in [1.165, 1.54) is 4.88 Å². The van der Waals surface area contributed by atoms with Gasteiger partial charge in [0.15, 0.2) is 0 Å². The number of para-hydroxylation sites is 2. The maximum atomic E-state index is 12.4. The van der Waals surface area contributed by atoms with Crippen LogP contribution in [0.25, 0.3) is 11.0 Å². The second-order valence-electron chi connectivity index (χ2n) is 5.61. The number of hydrogen-bond acceptors (Lipinski definition) is 4. The molecule has 0 radical (unpaired) electrons. The molecule has 3 aromatic rings. The van der Waals surface area contributed by atoms with Crippen LogP contribution >= 0.6 is 11.3 Å². The summed E-state index contributed by atoms with van der Waals surface area (Å²) >= 11 is 1.70. The molecule has 0 saturated carbocycles. The van der Waals surface area contributed by atoms with Crippen molar-refractivity contribution in [3.63, 3.8) is 0 Å². The molecule has 0 unspecified atom stereocenters. The molecule has 0 aliphatic rings. The third-order valence-corrected chi connectivity index (χ3v) is 5.12. The fourth-order valence-corrected chi connectivity index (χ4v) is 3.43. The molecule has 1 atom stereocenters. The van der Waals surface area contributed by atoms with E-state index >= 15 is 0 Å². The fraction of sp³-hybridized carbons (Fsp3) is 0.353. The van der Waals surface area contributed by atoms with Crippen LogP contribution in [0.4, 0.5) is 0 Å². The smallest absolute Gasteiger partial charge is 0.242 e. The first-order valence-electron chi connectivity index (χ1n) is 7.68. The van der Waals surface area contributed by atoms with E-state index < -0.39 is 0 Å². The van der Waals surface area contributed by atoms with E-state index in [1.807, 2.05) is 42.7 Å². The number of nitrogens with one attached hydrogen (secondary N) is 1. The quantitative estimate of drug-likeness (QED) is 0.783. The highest BCUT2D eigenvalue weighted by Gasteiger charge is 2.16. The molecule has 0 bridgehead atoms. The number of thiazole rings is 1. The highest BCUT2D eigenvalue weighted by Crippen LogP contribution is 2.18. The van der Waals surface area contributed by atoms with Gasteiger partial charge in [-0.25, -0.2) is 9.97 Å². The van der Waals surface area contributed by atoms with Crippen molar-refractivity contribution in [1.29, 1.82) is 0 Å². The SMILES string of the molecule is Cc1nc(CCNC(=O)[C@H](C)n2cnc3ccccc32)sc1C. The second kappa shape index (κ2) is 6.50. The first kappa shape index (κ1) is 15.7. The molecule has 3 rings (SSSR count). The van der Waals surface area contributed by atoms with Crippen LogP contribution in [0.15, 0.2) is 30.6 Å². The molecule has 0 fully saturated rings. The van der Waals surface area contributed by atoms with E-state index in [4.69, 9.17) is 0 Å². The number of imidazole rings is 1. The highest BCUT2D eigenvalue weighted by molar-refractivity contribution is 7.11. The Morgan fingerprint density at radius 2 is 2.13 bits per heavy atom. The van der Waals surface area contributed by atoms with Gasteiger partial charge < -0.3 is 9.88 Å². The summed E-state index contributed by atoms with van der Waals surface area (Å²) in [7, 11) is 0. The summed E-state index contributed by atoms with van der Waals surface area (Å²) in [6, 6.07) is 7.54. The lowest BCUT2D eigenvalue weighted by molar-refractivity contribution is -0.123. The molecular weight excluding hydrogens is 308 g/mol. The van der Waals surface area contributed by atoms with Gasteiger partial charge in [0.25, 0.3) is 0 Å². The zero-order chi connectivity index (χ0) is 16.4. The van der Waals surface area contributed by atoms with Crippen molar-refractivity contribution in [1.82, 2.24) is 19.9 Å². The second-order valence-corrected chi connectivity index (χ2v) is 6.89. The number of rotatable bonds is 5. The van der Waals surface area contributed by atoms with Crippen molar-refractivity contribution in [2.75, 3.05) is 6.54 Å². The largest absolute Gasteiger partial charge is 0.354 e. The van der Waals surface area contributed by atoms with Gasteiger partial charge in [0, 0.05) is 17.8 Å². The summed E-state index contributed by atoms with van der Waals surface area (Å²) < 4.78 is 1.91. The number of benzene rings is 1. The summed E-state index contributed by atoms with van der Waals surface area (Å²) in [5, 5.41) is 4.06. The van der Waals surface area contributed by atoms with E-state index in [-0.39, 0.29) is 11.9 Å². The molecule has 1 amide bonds. The zero-order valence-corrected chi connectivity index (χ0v) is 14.4. The monoisotopic (exact) mass is 328 g/mol. The number of amides is 1. The fourth-order valence-electron chi connectivity index (χ4n) is 2.50. The van der Waals surface area contributed by atoms with Crippen LogP contribution in [0.1, 0.15) is 28.5 Å². The van der Waals surface area contributed by atoms with Crippen LogP contribution in [0.3, 0.4) is 0 Å². The molecule has 23 heavy (non-hydrogen) atoms. The van der Waals surface area contributed by atoms with Gasteiger partial charge in [-0.15, -0.1) is 11.3 Å². The Morgan fingerprint density at radius 1 is 1.35 bits per heavy atom. The average Bonchev–Trinajstić information content (AvgIpc) is 3.10. The summed E-state index contributed by atoms with van der Waals surface area (Å²) in [5.41, 5.74) is 2.96. The predicted octanol–water partition coefficient (Wildman–Crippen LogP) is 3.03. The van der Waals surface area contributed by atoms with Crippen LogP contribution < -0.4 is 5.32 Å². The van der Waals surface area contributed by atoms with Gasteiger partial charge in [-0.3, -0.25) is 4.79 Å². The highest BCUT2D eigenvalue weighted by atomic mass is 32.1. The lowest BCUT2D eigenvalue weighted by atomic mass is 10.2. The average molecular weight is 328 g/mol. The molecule has 2 heterocycles. The van der Waals surface area contributed by atoms with Crippen molar-refractivity contribution in [3.05, 3.63) is 46.2 Å². The van der Waals surface area contributed by atoms with Gasteiger partial charge in [-0.1, -0.05) is 12.1 Å².